The van der Waals surface area contributed by atoms with Crippen LogP contribution in [0.3, 0.4) is 0 Å². The van der Waals surface area contributed by atoms with Crippen molar-refractivity contribution in [3.8, 4) is 0 Å². The van der Waals surface area contributed by atoms with E-state index < -0.39 is 0 Å². The highest BCUT2D eigenvalue weighted by atomic mass is 35.5. The van der Waals surface area contributed by atoms with E-state index in [1.807, 2.05) is 19.2 Å². The van der Waals surface area contributed by atoms with Crippen LogP contribution in [0.5, 0.6) is 0 Å². The zero-order valence-electron chi connectivity index (χ0n) is 10.1. The van der Waals surface area contributed by atoms with Crippen LogP contribution in [0.25, 0.3) is 0 Å². The van der Waals surface area contributed by atoms with Gasteiger partial charge in [-0.05, 0) is 17.5 Å². The van der Waals surface area contributed by atoms with Gasteiger partial charge in [-0.2, -0.15) is 5.10 Å². The van der Waals surface area contributed by atoms with E-state index in [9.17, 15) is 0 Å². The molecule has 0 aromatic carbocycles. The van der Waals surface area contributed by atoms with Crippen LogP contribution in [0.4, 0.5) is 11.6 Å². The van der Waals surface area contributed by atoms with Gasteiger partial charge in [0.05, 0.1) is 11.2 Å². The standard InChI is InChI=1S/C12H15ClN4/c1-8(2)9-6-11(14-7-10(9)13)16-12-4-5-15-17(12)3/h4-8H,1-3H3,(H,14,16). The number of hydrogen-bond donors (Lipinski definition) is 1. The lowest BCUT2D eigenvalue weighted by Crippen LogP contribution is -2.01. The Hall–Kier alpha value is -1.55. The second kappa shape index (κ2) is 4.75. The summed E-state index contributed by atoms with van der Waals surface area (Å²) < 4.78 is 1.76. The highest BCUT2D eigenvalue weighted by Gasteiger charge is 2.08. The van der Waals surface area contributed by atoms with Crippen LogP contribution in [0.2, 0.25) is 5.02 Å². The molecular formula is C12H15ClN4. The molecule has 0 saturated heterocycles. The van der Waals surface area contributed by atoms with E-state index in [-0.39, 0.29) is 0 Å². The third kappa shape index (κ3) is 2.58. The first kappa shape index (κ1) is 11.9. The van der Waals surface area contributed by atoms with Crippen molar-refractivity contribution in [2.45, 2.75) is 19.8 Å². The molecular weight excluding hydrogens is 236 g/mol. The second-order valence-electron chi connectivity index (χ2n) is 4.21. The number of aromatic nitrogens is 3. The van der Waals surface area contributed by atoms with Gasteiger partial charge in [0.15, 0.2) is 0 Å². The molecule has 0 amide bonds. The summed E-state index contributed by atoms with van der Waals surface area (Å²) in [7, 11) is 1.88. The van der Waals surface area contributed by atoms with Gasteiger partial charge < -0.3 is 5.32 Å². The minimum Gasteiger partial charge on any atom is -0.325 e. The van der Waals surface area contributed by atoms with E-state index in [4.69, 9.17) is 11.6 Å². The molecule has 0 spiro atoms. The van der Waals surface area contributed by atoms with Crippen LogP contribution in [-0.4, -0.2) is 14.8 Å². The first-order chi connectivity index (χ1) is 8.08. The number of hydrogen-bond acceptors (Lipinski definition) is 3. The summed E-state index contributed by atoms with van der Waals surface area (Å²) in [6, 6.07) is 3.87. The van der Waals surface area contributed by atoms with Gasteiger partial charge in [0.25, 0.3) is 0 Å². The summed E-state index contributed by atoms with van der Waals surface area (Å²) >= 11 is 6.10. The van der Waals surface area contributed by atoms with Gasteiger partial charge in [-0.15, -0.1) is 0 Å². The largest absolute Gasteiger partial charge is 0.325 e. The maximum absolute atomic E-state index is 6.10. The molecule has 2 aromatic rings. The summed E-state index contributed by atoms with van der Waals surface area (Å²) in [5.41, 5.74) is 1.09. The molecule has 17 heavy (non-hydrogen) atoms. The number of pyridine rings is 1. The monoisotopic (exact) mass is 250 g/mol. The fourth-order valence-electron chi connectivity index (χ4n) is 1.59. The summed E-state index contributed by atoms with van der Waals surface area (Å²) in [6.45, 7) is 4.21. The molecule has 2 aromatic heterocycles. The first-order valence-electron chi connectivity index (χ1n) is 5.48. The summed E-state index contributed by atoms with van der Waals surface area (Å²) in [5, 5.41) is 8.00. The van der Waals surface area contributed by atoms with Crippen molar-refractivity contribution >= 4 is 23.2 Å². The third-order valence-electron chi connectivity index (χ3n) is 2.58. The van der Waals surface area contributed by atoms with Crippen molar-refractivity contribution in [1.82, 2.24) is 14.8 Å². The van der Waals surface area contributed by atoms with Crippen LogP contribution in [-0.2, 0) is 7.05 Å². The molecule has 0 bridgehead atoms. The maximum Gasteiger partial charge on any atom is 0.131 e. The molecule has 0 atom stereocenters. The minimum absolute atomic E-state index is 0.373. The van der Waals surface area contributed by atoms with Crippen molar-refractivity contribution < 1.29 is 0 Å². The highest BCUT2D eigenvalue weighted by molar-refractivity contribution is 6.31. The topological polar surface area (TPSA) is 42.7 Å². The molecule has 0 unspecified atom stereocenters. The van der Waals surface area contributed by atoms with Gasteiger partial charge in [-0.3, -0.25) is 4.68 Å². The lowest BCUT2D eigenvalue weighted by Gasteiger charge is -2.11. The number of aryl methyl sites for hydroxylation is 1. The van der Waals surface area contributed by atoms with Crippen LogP contribution < -0.4 is 5.32 Å². The Kier molecular flexibility index (Phi) is 3.33. The molecule has 2 heterocycles. The zero-order chi connectivity index (χ0) is 12.4. The normalized spacial score (nSPS) is 10.9. The van der Waals surface area contributed by atoms with Gasteiger partial charge in [-0.1, -0.05) is 25.4 Å². The number of rotatable bonds is 3. The Morgan fingerprint density at radius 2 is 2.18 bits per heavy atom. The van der Waals surface area contributed by atoms with Crippen molar-refractivity contribution in [1.29, 1.82) is 0 Å². The van der Waals surface area contributed by atoms with Crippen molar-refractivity contribution in [3.63, 3.8) is 0 Å². The van der Waals surface area contributed by atoms with Crippen molar-refractivity contribution in [2.24, 2.45) is 7.05 Å². The molecule has 4 nitrogen and oxygen atoms in total. The van der Waals surface area contributed by atoms with Gasteiger partial charge in [0.1, 0.15) is 11.6 Å². The molecule has 0 aliphatic heterocycles. The molecule has 0 aliphatic carbocycles. The van der Waals surface area contributed by atoms with Crippen LogP contribution in [0, 0.1) is 0 Å². The van der Waals surface area contributed by atoms with E-state index in [2.05, 4.69) is 29.2 Å². The average Bonchev–Trinajstić information content (AvgIpc) is 2.67. The Morgan fingerprint density at radius 3 is 2.76 bits per heavy atom. The van der Waals surface area contributed by atoms with E-state index in [1.165, 1.54) is 0 Å². The van der Waals surface area contributed by atoms with Crippen LogP contribution in [0.1, 0.15) is 25.3 Å². The molecule has 0 fully saturated rings. The Bertz CT molecular complexity index is 519. The Labute approximate surface area is 106 Å². The van der Waals surface area contributed by atoms with Crippen LogP contribution in [0.15, 0.2) is 24.5 Å². The average molecular weight is 251 g/mol. The van der Waals surface area contributed by atoms with E-state index in [0.29, 0.717) is 10.9 Å². The Morgan fingerprint density at radius 1 is 1.41 bits per heavy atom. The third-order valence-corrected chi connectivity index (χ3v) is 2.90. The lowest BCUT2D eigenvalue weighted by atomic mass is 10.1. The first-order valence-corrected chi connectivity index (χ1v) is 5.86. The minimum atomic E-state index is 0.373. The van der Waals surface area contributed by atoms with E-state index in [0.717, 1.165) is 17.2 Å². The number of anilines is 2. The zero-order valence-corrected chi connectivity index (χ0v) is 10.9. The number of halogens is 1. The molecule has 90 valence electrons. The van der Waals surface area contributed by atoms with Crippen molar-refractivity contribution in [2.75, 3.05) is 5.32 Å². The summed E-state index contributed by atoms with van der Waals surface area (Å²) in [4.78, 5) is 4.25. The number of nitrogens with one attached hydrogen (secondary N) is 1. The smallest absolute Gasteiger partial charge is 0.131 e. The SMILES string of the molecule is CC(C)c1cc(Nc2ccnn2C)ncc1Cl. The van der Waals surface area contributed by atoms with Gasteiger partial charge >= 0.3 is 0 Å². The molecule has 5 heteroatoms. The Balaban J connectivity index is 2.28. The van der Waals surface area contributed by atoms with Gasteiger partial charge in [0.2, 0.25) is 0 Å². The highest BCUT2D eigenvalue weighted by Crippen LogP contribution is 2.26. The molecule has 0 radical (unpaired) electrons. The predicted molar refractivity (Wildman–Crippen MR) is 69.8 cm³/mol. The predicted octanol–water partition coefficient (Wildman–Crippen LogP) is 3.34. The summed E-state index contributed by atoms with van der Waals surface area (Å²) in [6.07, 6.45) is 3.41. The van der Waals surface area contributed by atoms with Crippen molar-refractivity contribution in [3.05, 3.63) is 35.1 Å². The van der Waals surface area contributed by atoms with Crippen LogP contribution >= 0.6 is 11.6 Å². The summed E-state index contributed by atoms with van der Waals surface area (Å²) in [5.74, 6) is 2.05. The molecule has 0 aliphatic rings. The fraction of sp³-hybridized carbons (Fsp3) is 0.333. The molecule has 0 saturated carbocycles. The quantitative estimate of drug-likeness (QED) is 0.909. The molecule has 2 rings (SSSR count). The van der Waals surface area contributed by atoms with Gasteiger partial charge in [-0.25, -0.2) is 4.98 Å². The lowest BCUT2D eigenvalue weighted by molar-refractivity contribution is 0.776. The number of nitrogens with zero attached hydrogens (tertiary/aromatic N) is 3. The van der Waals surface area contributed by atoms with Gasteiger partial charge in [0, 0.05) is 19.3 Å². The fourth-order valence-corrected chi connectivity index (χ4v) is 1.91. The van der Waals surface area contributed by atoms with E-state index in [1.54, 1.807) is 17.1 Å². The maximum atomic E-state index is 6.10. The molecule has 1 N–H and O–H groups in total. The second-order valence-corrected chi connectivity index (χ2v) is 4.62. The van der Waals surface area contributed by atoms with E-state index >= 15 is 0 Å².